The minimum absolute atomic E-state index is 0.0334. The van der Waals surface area contributed by atoms with Crippen molar-refractivity contribution in [2.75, 3.05) is 11.4 Å². The van der Waals surface area contributed by atoms with Gasteiger partial charge in [0.15, 0.2) is 5.82 Å². The number of thiophene rings is 1. The van der Waals surface area contributed by atoms with Gasteiger partial charge in [-0.3, -0.25) is 4.79 Å². The Morgan fingerprint density at radius 2 is 2.00 bits per heavy atom. The molecule has 0 bridgehead atoms. The molecule has 0 radical (unpaired) electrons. The number of anilines is 1. The van der Waals surface area contributed by atoms with Crippen LogP contribution in [0.4, 0.5) is 5.69 Å². The highest BCUT2D eigenvalue weighted by Crippen LogP contribution is 2.35. The molecule has 3 aromatic rings. The first-order valence-corrected chi connectivity index (χ1v) is 8.75. The van der Waals surface area contributed by atoms with Crippen LogP contribution in [0.3, 0.4) is 0 Å². The van der Waals surface area contributed by atoms with Crippen molar-refractivity contribution in [1.29, 1.82) is 0 Å². The van der Waals surface area contributed by atoms with Gasteiger partial charge in [0.25, 0.3) is 5.89 Å². The molecule has 1 unspecified atom stereocenters. The fraction of sp³-hybridized carbons (Fsp3) is 0.278. The third kappa shape index (κ3) is 2.53. The van der Waals surface area contributed by atoms with Gasteiger partial charge in [-0.25, -0.2) is 0 Å². The Kier molecular flexibility index (Phi) is 3.69. The molecule has 0 spiro atoms. The van der Waals surface area contributed by atoms with E-state index < -0.39 is 0 Å². The molecule has 1 aromatic carbocycles. The lowest BCUT2D eigenvalue weighted by molar-refractivity contribution is -0.117. The predicted octanol–water partition coefficient (Wildman–Crippen LogP) is 3.94. The third-order valence-electron chi connectivity index (χ3n) is 4.37. The summed E-state index contributed by atoms with van der Waals surface area (Å²) in [6, 6.07) is 9.98. The zero-order valence-corrected chi connectivity index (χ0v) is 14.3. The second-order valence-electron chi connectivity index (χ2n) is 6.08. The average molecular weight is 339 g/mol. The van der Waals surface area contributed by atoms with Gasteiger partial charge < -0.3 is 9.42 Å². The summed E-state index contributed by atoms with van der Waals surface area (Å²) >= 11 is 1.56. The zero-order chi connectivity index (χ0) is 16.7. The van der Waals surface area contributed by atoms with Gasteiger partial charge in [0.2, 0.25) is 5.91 Å². The number of aryl methyl sites for hydroxylation is 2. The molecule has 1 aliphatic heterocycles. The first-order chi connectivity index (χ1) is 11.6. The van der Waals surface area contributed by atoms with Crippen molar-refractivity contribution >= 4 is 22.9 Å². The molecule has 3 heterocycles. The third-order valence-corrected chi connectivity index (χ3v) is 5.23. The normalized spacial score (nSPS) is 17.7. The topological polar surface area (TPSA) is 59.2 Å². The van der Waals surface area contributed by atoms with Crippen molar-refractivity contribution < 1.29 is 9.32 Å². The van der Waals surface area contributed by atoms with Gasteiger partial charge in [-0.15, -0.1) is 11.3 Å². The van der Waals surface area contributed by atoms with E-state index in [4.69, 9.17) is 4.52 Å². The number of rotatable bonds is 3. The number of nitrogens with zero attached hydrogens (tertiary/aromatic N) is 3. The van der Waals surface area contributed by atoms with E-state index in [0.717, 1.165) is 21.7 Å². The van der Waals surface area contributed by atoms with Crippen LogP contribution in [-0.4, -0.2) is 22.6 Å². The number of amides is 1. The van der Waals surface area contributed by atoms with Crippen molar-refractivity contribution in [2.24, 2.45) is 0 Å². The Labute approximate surface area is 143 Å². The summed E-state index contributed by atoms with van der Waals surface area (Å²) in [4.78, 5) is 19.8. The van der Waals surface area contributed by atoms with Gasteiger partial charge in [-0.05, 0) is 36.4 Å². The maximum atomic E-state index is 12.5. The Bertz CT molecular complexity index is 865. The fourth-order valence-corrected chi connectivity index (χ4v) is 3.87. The molecule has 0 aliphatic carbocycles. The maximum absolute atomic E-state index is 12.5. The standard InChI is InChI=1S/C18H17N3O2S/c1-11-5-3-6-12(2)16(11)21-10-13(9-15(21)22)17-19-18(23-20-17)14-7-4-8-24-14/h3-8,13H,9-10H2,1-2H3. The highest BCUT2D eigenvalue weighted by Gasteiger charge is 2.35. The van der Waals surface area contributed by atoms with Gasteiger partial charge in [0.05, 0.1) is 4.88 Å². The number of benzene rings is 1. The van der Waals surface area contributed by atoms with Crippen LogP contribution in [0.5, 0.6) is 0 Å². The Balaban J connectivity index is 1.61. The summed E-state index contributed by atoms with van der Waals surface area (Å²) in [6.45, 7) is 4.66. The predicted molar refractivity (Wildman–Crippen MR) is 93.2 cm³/mol. The van der Waals surface area contributed by atoms with E-state index in [9.17, 15) is 4.79 Å². The van der Waals surface area contributed by atoms with Crippen molar-refractivity contribution in [2.45, 2.75) is 26.2 Å². The smallest absolute Gasteiger partial charge is 0.267 e. The molecule has 1 saturated heterocycles. The molecule has 122 valence electrons. The van der Waals surface area contributed by atoms with Crippen LogP contribution >= 0.6 is 11.3 Å². The molecule has 5 nitrogen and oxygen atoms in total. The molecule has 24 heavy (non-hydrogen) atoms. The molecular weight excluding hydrogens is 322 g/mol. The number of hydrogen-bond acceptors (Lipinski definition) is 5. The molecule has 0 N–H and O–H groups in total. The van der Waals surface area contributed by atoms with E-state index in [2.05, 4.69) is 10.1 Å². The second kappa shape index (κ2) is 5.87. The number of carbonyl (C=O) groups is 1. The first kappa shape index (κ1) is 15.1. The fourth-order valence-electron chi connectivity index (χ4n) is 3.23. The molecule has 1 amide bonds. The average Bonchev–Trinajstić information content (AvgIpc) is 3.26. The quantitative estimate of drug-likeness (QED) is 0.725. The van der Waals surface area contributed by atoms with Crippen LogP contribution in [0.15, 0.2) is 40.2 Å². The van der Waals surface area contributed by atoms with E-state index in [1.165, 1.54) is 0 Å². The summed E-state index contributed by atoms with van der Waals surface area (Å²) in [5.41, 5.74) is 3.22. The Morgan fingerprint density at radius 1 is 1.21 bits per heavy atom. The van der Waals surface area contributed by atoms with Crippen molar-refractivity contribution in [3.8, 4) is 10.8 Å². The molecule has 1 aliphatic rings. The summed E-state index contributed by atoms with van der Waals surface area (Å²) in [6.07, 6.45) is 0.414. The molecular formula is C18H17N3O2S. The van der Waals surface area contributed by atoms with E-state index in [0.29, 0.717) is 24.7 Å². The molecule has 1 fully saturated rings. The second-order valence-corrected chi connectivity index (χ2v) is 7.03. The number of aromatic nitrogens is 2. The molecule has 1 atom stereocenters. The van der Waals surface area contributed by atoms with Gasteiger partial charge >= 0.3 is 0 Å². The minimum atomic E-state index is -0.0334. The van der Waals surface area contributed by atoms with Crippen molar-refractivity contribution in [3.05, 3.63) is 52.7 Å². The lowest BCUT2D eigenvalue weighted by Crippen LogP contribution is -2.26. The SMILES string of the molecule is Cc1cccc(C)c1N1CC(c2noc(-c3cccs3)n2)CC1=O. The highest BCUT2D eigenvalue weighted by molar-refractivity contribution is 7.13. The van der Waals surface area contributed by atoms with Crippen LogP contribution in [0, 0.1) is 13.8 Å². The van der Waals surface area contributed by atoms with E-state index in [1.807, 2.05) is 54.5 Å². The van der Waals surface area contributed by atoms with E-state index in [-0.39, 0.29) is 11.8 Å². The molecule has 2 aromatic heterocycles. The Morgan fingerprint density at radius 3 is 2.71 bits per heavy atom. The number of carbonyl (C=O) groups excluding carboxylic acids is 1. The minimum Gasteiger partial charge on any atom is -0.333 e. The van der Waals surface area contributed by atoms with Crippen LogP contribution < -0.4 is 4.90 Å². The molecule has 6 heteroatoms. The van der Waals surface area contributed by atoms with Crippen LogP contribution in [0.25, 0.3) is 10.8 Å². The zero-order valence-electron chi connectivity index (χ0n) is 13.5. The monoisotopic (exact) mass is 339 g/mol. The summed E-state index contributed by atoms with van der Waals surface area (Å²) in [5.74, 6) is 1.22. The van der Waals surface area contributed by atoms with Crippen LogP contribution in [-0.2, 0) is 4.79 Å². The Hall–Kier alpha value is -2.47. The van der Waals surface area contributed by atoms with Gasteiger partial charge in [0.1, 0.15) is 0 Å². The number of para-hydroxylation sites is 1. The van der Waals surface area contributed by atoms with Crippen LogP contribution in [0.2, 0.25) is 0 Å². The number of hydrogen-bond donors (Lipinski definition) is 0. The summed E-state index contributed by atoms with van der Waals surface area (Å²) in [5, 5.41) is 6.08. The molecule has 4 rings (SSSR count). The van der Waals surface area contributed by atoms with Crippen molar-refractivity contribution in [3.63, 3.8) is 0 Å². The lowest BCUT2D eigenvalue weighted by atomic mass is 10.1. The van der Waals surface area contributed by atoms with Crippen molar-refractivity contribution in [1.82, 2.24) is 10.1 Å². The van der Waals surface area contributed by atoms with Crippen LogP contribution in [0.1, 0.15) is 29.3 Å². The van der Waals surface area contributed by atoms with Gasteiger partial charge in [-0.2, -0.15) is 4.98 Å². The van der Waals surface area contributed by atoms with E-state index in [1.54, 1.807) is 11.3 Å². The van der Waals surface area contributed by atoms with Gasteiger partial charge in [0, 0.05) is 24.6 Å². The molecule has 0 saturated carbocycles. The van der Waals surface area contributed by atoms with Gasteiger partial charge in [-0.1, -0.05) is 29.4 Å². The summed E-state index contributed by atoms with van der Waals surface area (Å²) < 4.78 is 5.36. The first-order valence-electron chi connectivity index (χ1n) is 7.87. The summed E-state index contributed by atoms with van der Waals surface area (Å²) in [7, 11) is 0. The largest absolute Gasteiger partial charge is 0.333 e. The maximum Gasteiger partial charge on any atom is 0.267 e. The lowest BCUT2D eigenvalue weighted by Gasteiger charge is -2.21. The van der Waals surface area contributed by atoms with E-state index >= 15 is 0 Å². The highest BCUT2D eigenvalue weighted by atomic mass is 32.1.